The van der Waals surface area contributed by atoms with Crippen molar-refractivity contribution < 1.29 is 14.3 Å². The van der Waals surface area contributed by atoms with Crippen LogP contribution < -0.4 is 20.5 Å². The van der Waals surface area contributed by atoms with Crippen molar-refractivity contribution in [3.05, 3.63) is 23.8 Å². The van der Waals surface area contributed by atoms with Crippen molar-refractivity contribution >= 4 is 5.91 Å². The lowest BCUT2D eigenvalue weighted by atomic mass is 10.1. The molecule has 1 aromatic rings. The number of benzene rings is 1. The van der Waals surface area contributed by atoms with Crippen LogP contribution in [-0.2, 0) is 4.79 Å². The molecule has 5 nitrogen and oxygen atoms in total. The van der Waals surface area contributed by atoms with Crippen LogP contribution in [0.5, 0.6) is 11.5 Å². The van der Waals surface area contributed by atoms with Crippen molar-refractivity contribution in [3.8, 4) is 11.5 Å². The van der Waals surface area contributed by atoms with Crippen molar-refractivity contribution in [1.82, 2.24) is 5.32 Å². The molecule has 5 heteroatoms. The summed E-state index contributed by atoms with van der Waals surface area (Å²) >= 11 is 0. The van der Waals surface area contributed by atoms with E-state index in [2.05, 4.69) is 19.2 Å². The zero-order valence-corrected chi connectivity index (χ0v) is 13.3. The lowest BCUT2D eigenvalue weighted by Gasteiger charge is -2.17. The van der Waals surface area contributed by atoms with E-state index in [1.165, 1.54) is 0 Å². The quantitative estimate of drug-likeness (QED) is 0.771. The van der Waals surface area contributed by atoms with Crippen LogP contribution in [0.3, 0.4) is 0 Å². The van der Waals surface area contributed by atoms with Gasteiger partial charge in [0.05, 0.1) is 19.8 Å². The maximum Gasteiger partial charge on any atom is 0.221 e. The Morgan fingerprint density at radius 3 is 2.57 bits per heavy atom. The fourth-order valence-corrected chi connectivity index (χ4v) is 1.86. The second-order valence-electron chi connectivity index (χ2n) is 5.44. The van der Waals surface area contributed by atoms with Gasteiger partial charge in [0.2, 0.25) is 5.91 Å². The highest BCUT2D eigenvalue weighted by atomic mass is 16.5. The molecule has 0 heterocycles. The Kier molecular flexibility index (Phi) is 7.02. The van der Waals surface area contributed by atoms with Crippen LogP contribution in [0.25, 0.3) is 0 Å². The van der Waals surface area contributed by atoms with Gasteiger partial charge in [-0.3, -0.25) is 4.79 Å². The summed E-state index contributed by atoms with van der Waals surface area (Å²) in [6.45, 7) is 7.10. The van der Waals surface area contributed by atoms with Gasteiger partial charge in [-0.15, -0.1) is 0 Å². The number of hydrogen-bond donors (Lipinski definition) is 2. The molecule has 21 heavy (non-hydrogen) atoms. The largest absolute Gasteiger partial charge is 0.493 e. The van der Waals surface area contributed by atoms with Gasteiger partial charge in [0, 0.05) is 13.0 Å². The van der Waals surface area contributed by atoms with E-state index in [1.807, 2.05) is 25.1 Å². The molecule has 0 fully saturated rings. The minimum absolute atomic E-state index is 0.0518. The molecule has 0 aliphatic carbocycles. The summed E-state index contributed by atoms with van der Waals surface area (Å²) in [4.78, 5) is 11.6. The molecule has 0 aliphatic rings. The predicted octanol–water partition coefficient (Wildman–Crippen LogP) is 2.26. The van der Waals surface area contributed by atoms with Crippen LogP contribution >= 0.6 is 0 Å². The van der Waals surface area contributed by atoms with Crippen molar-refractivity contribution in [2.75, 3.05) is 20.3 Å². The molecule has 1 unspecified atom stereocenters. The molecule has 0 bridgehead atoms. The summed E-state index contributed by atoms with van der Waals surface area (Å²) in [6, 6.07) is 5.61. The minimum atomic E-state index is -0.0999. The van der Waals surface area contributed by atoms with Gasteiger partial charge in [-0.1, -0.05) is 19.9 Å². The zero-order valence-electron chi connectivity index (χ0n) is 13.3. The summed E-state index contributed by atoms with van der Waals surface area (Å²) in [7, 11) is 1.61. The molecule has 1 rings (SSSR count). The molecule has 1 aromatic carbocycles. The standard InChI is InChI=1S/C16H26N2O3/c1-11(2)10-21-14-6-5-13(9-15(14)20-4)12(3)18-16(19)7-8-17/h5-6,9,11-12H,7-8,10,17H2,1-4H3,(H,18,19). The van der Waals surface area contributed by atoms with Gasteiger partial charge in [-0.05, 0) is 30.5 Å². The molecule has 118 valence electrons. The summed E-state index contributed by atoms with van der Waals surface area (Å²) in [5, 5.41) is 2.90. The normalized spacial score (nSPS) is 12.1. The molecular weight excluding hydrogens is 268 g/mol. The number of carbonyl (C=O) groups excluding carboxylic acids is 1. The average Bonchev–Trinajstić information content (AvgIpc) is 2.44. The van der Waals surface area contributed by atoms with Gasteiger partial charge >= 0.3 is 0 Å². The first kappa shape index (κ1) is 17.3. The second kappa shape index (κ2) is 8.52. The number of nitrogens with two attached hydrogens (primary N) is 1. The SMILES string of the molecule is COc1cc(C(C)NC(=O)CCN)ccc1OCC(C)C. The molecular formula is C16H26N2O3. The van der Waals surface area contributed by atoms with Crippen LogP contribution in [0.1, 0.15) is 38.8 Å². The first-order valence-electron chi connectivity index (χ1n) is 7.28. The van der Waals surface area contributed by atoms with Crippen LogP contribution in [0.4, 0.5) is 0 Å². The lowest BCUT2D eigenvalue weighted by Crippen LogP contribution is -2.28. The molecule has 0 saturated carbocycles. The van der Waals surface area contributed by atoms with Crippen molar-refractivity contribution in [2.24, 2.45) is 11.7 Å². The highest BCUT2D eigenvalue weighted by Crippen LogP contribution is 2.30. The lowest BCUT2D eigenvalue weighted by molar-refractivity contribution is -0.121. The van der Waals surface area contributed by atoms with Crippen LogP contribution in [0.15, 0.2) is 18.2 Å². The van der Waals surface area contributed by atoms with Gasteiger partial charge in [-0.2, -0.15) is 0 Å². The molecule has 3 N–H and O–H groups in total. The van der Waals surface area contributed by atoms with E-state index in [9.17, 15) is 4.79 Å². The Hall–Kier alpha value is -1.75. The third kappa shape index (κ3) is 5.63. The minimum Gasteiger partial charge on any atom is -0.493 e. The molecule has 0 aromatic heterocycles. The number of amides is 1. The Balaban J connectivity index is 2.78. The first-order valence-corrected chi connectivity index (χ1v) is 7.28. The van der Waals surface area contributed by atoms with Gasteiger partial charge in [0.1, 0.15) is 0 Å². The topological polar surface area (TPSA) is 73.6 Å². The molecule has 1 amide bonds. The number of hydrogen-bond acceptors (Lipinski definition) is 4. The third-order valence-electron chi connectivity index (χ3n) is 3.01. The van der Waals surface area contributed by atoms with E-state index in [1.54, 1.807) is 7.11 Å². The highest BCUT2D eigenvalue weighted by molar-refractivity contribution is 5.76. The summed E-state index contributed by atoms with van der Waals surface area (Å²) in [5.41, 5.74) is 6.34. The van der Waals surface area contributed by atoms with Gasteiger partial charge in [-0.25, -0.2) is 0 Å². The van der Waals surface area contributed by atoms with Crippen LogP contribution in [0, 0.1) is 5.92 Å². The molecule has 1 atom stereocenters. The molecule has 0 aliphatic heterocycles. The third-order valence-corrected chi connectivity index (χ3v) is 3.01. The molecule has 0 saturated heterocycles. The number of nitrogens with one attached hydrogen (secondary N) is 1. The van der Waals surface area contributed by atoms with E-state index in [0.717, 1.165) is 11.3 Å². The zero-order chi connectivity index (χ0) is 15.8. The Morgan fingerprint density at radius 1 is 1.29 bits per heavy atom. The summed E-state index contributed by atoms with van der Waals surface area (Å²) in [5.74, 6) is 1.79. The Bertz CT molecular complexity index is 461. The second-order valence-corrected chi connectivity index (χ2v) is 5.44. The monoisotopic (exact) mass is 294 g/mol. The van der Waals surface area contributed by atoms with Gasteiger partial charge in [0.15, 0.2) is 11.5 Å². The average molecular weight is 294 g/mol. The Labute approximate surface area is 126 Å². The number of carbonyl (C=O) groups is 1. The van der Waals surface area contributed by atoms with E-state index in [-0.39, 0.29) is 11.9 Å². The van der Waals surface area contributed by atoms with E-state index >= 15 is 0 Å². The van der Waals surface area contributed by atoms with Crippen LogP contribution in [-0.4, -0.2) is 26.2 Å². The smallest absolute Gasteiger partial charge is 0.221 e. The summed E-state index contributed by atoms with van der Waals surface area (Å²) in [6.07, 6.45) is 0.330. The summed E-state index contributed by atoms with van der Waals surface area (Å²) < 4.78 is 11.1. The number of methoxy groups -OCH3 is 1. The van der Waals surface area contributed by atoms with Gasteiger partial charge < -0.3 is 20.5 Å². The predicted molar refractivity (Wildman–Crippen MR) is 83.6 cm³/mol. The number of ether oxygens (including phenoxy) is 2. The van der Waals surface area contributed by atoms with Crippen LogP contribution in [0.2, 0.25) is 0 Å². The van der Waals surface area contributed by atoms with Gasteiger partial charge in [0.25, 0.3) is 0 Å². The van der Waals surface area contributed by atoms with E-state index < -0.39 is 0 Å². The highest BCUT2D eigenvalue weighted by Gasteiger charge is 2.13. The maximum atomic E-state index is 11.6. The van der Waals surface area contributed by atoms with Crippen molar-refractivity contribution in [2.45, 2.75) is 33.2 Å². The van der Waals surface area contributed by atoms with E-state index in [4.69, 9.17) is 15.2 Å². The Morgan fingerprint density at radius 2 is 2.00 bits per heavy atom. The molecule has 0 radical (unpaired) electrons. The van der Waals surface area contributed by atoms with Crippen molar-refractivity contribution in [1.29, 1.82) is 0 Å². The van der Waals surface area contributed by atoms with Crippen molar-refractivity contribution in [3.63, 3.8) is 0 Å². The fraction of sp³-hybridized carbons (Fsp3) is 0.562. The maximum absolute atomic E-state index is 11.6. The molecule has 0 spiro atoms. The van der Waals surface area contributed by atoms with E-state index in [0.29, 0.717) is 31.2 Å². The number of rotatable bonds is 8. The fourth-order valence-electron chi connectivity index (χ4n) is 1.86. The first-order chi connectivity index (χ1) is 9.97.